The maximum Gasteiger partial charge on any atom is 0.267 e. The molecule has 1 heterocycles. The predicted octanol–water partition coefficient (Wildman–Crippen LogP) is 1.71. The van der Waals surface area contributed by atoms with Gasteiger partial charge in [0.05, 0.1) is 5.56 Å². The van der Waals surface area contributed by atoms with Crippen LogP contribution in [0.4, 0.5) is 14.5 Å². The first kappa shape index (κ1) is 16.5. The molecule has 0 bridgehead atoms. The lowest BCUT2D eigenvalue weighted by Gasteiger charge is -2.16. The Morgan fingerprint density at radius 3 is 2.48 bits per heavy atom. The van der Waals surface area contributed by atoms with Gasteiger partial charge in [-0.2, -0.15) is 0 Å². The van der Waals surface area contributed by atoms with Crippen molar-refractivity contribution >= 4 is 11.6 Å². The average Bonchev–Trinajstić information content (AvgIpc) is 3.08. The van der Waals surface area contributed by atoms with E-state index in [0.29, 0.717) is 10.6 Å². The molecule has 1 amide bonds. The Morgan fingerprint density at radius 2 is 1.80 bits per heavy atom. The van der Waals surface area contributed by atoms with Crippen LogP contribution in [0.1, 0.15) is 0 Å². The van der Waals surface area contributed by atoms with E-state index in [1.165, 1.54) is 11.0 Å². The highest BCUT2D eigenvalue weighted by Gasteiger charge is 2.17. The van der Waals surface area contributed by atoms with E-state index in [4.69, 9.17) is 4.84 Å². The van der Waals surface area contributed by atoms with Gasteiger partial charge in [-0.1, -0.05) is 29.4 Å². The van der Waals surface area contributed by atoms with Gasteiger partial charge in [0.1, 0.15) is 11.6 Å². The number of benzene rings is 2. The van der Waals surface area contributed by atoms with Gasteiger partial charge in [-0.25, -0.2) is 8.78 Å². The summed E-state index contributed by atoms with van der Waals surface area (Å²) in [5.41, 5.74) is 0.279. The number of nitrogens with zero attached hydrogens (tertiary/aromatic N) is 5. The molecule has 0 saturated heterocycles. The van der Waals surface area contributed by atoms with Gasteiger partial charge in [0.25, 0.3) is 5.91 Å². The molecule has 0 aliphatic rings. The summed E-state index contributed by atoms with van der Waals surface area (Å²) in [5, 5.41) is 10.8. The molecule has 0 fully saturated rings. The third-order valence-electron chi connectivity index (χ3n) is 3.40. The fraction of sp³-hybridized carbons (Fsp3) is 0.125. The van der Waals surface area contributed by atoms with E-state index in [0.717, 1.165) is 12.1 Å². The van der Waals surface area contributed by atoms with E-state index in [9.17, 15) is 13.6 Å². The minimum atomic E-state index is -0.820. The van der Waals surface area contributed by atoms with E-state index in [1.807, 2.05) is 6.07 Å². The van der Waals surface area contributed by atoms with Crippen molar-refractivity contribution < 1.29 is 18.4 Å². The van der Waals surface area contributed by atoms with E-state index in [-0.39, 0.29) is 18.3 Å². The van der Waals surface area contributed by atoms with Crippen LogP contribution < -0.4 is 9.74 Å². The molecule has 7 nitrogen and oxygen atoms in total. The molecule has 0 radical (unpaired) electrons. The van der Waals surface area contributed by atoms with Gasteiger partial charge >= 0.3 is 0 Å². The molecular weight excluding hydrogens is 332 g/mol. The van der Waals surface area contributed by atoms with Crippen LogP contribution in [0.2, 0.25) is 0 Å². The molecule has 0 spiro atoms. The van der Waals surface area contributed by atoms with E-state index < -0.39 is 17.2 Å². The summed E-state index contributed by atoms with van der Waals surface area (Å²) >= 11 is 0. The second-order valence-corrected chi connectivity index (χ2v) is 5.02. The Hall–Kier alpha value is -3.36. The zero-order chi connectivity index (χ0) is 17.8. The van der Waals surface area contributed by atoms with Gasteiger partial charge in [0, 0.05) is 17.7 Å². The lowest BCUT2D eigenvalue weighted by Crippen LogP contribution is -2.34. The Labute approximate surface area is 141 Å². The second-order valence-electron chi connectivity index (χ2n) is 5.02. The first-order chi connectivity index (χ1) is 12.1. The van der Waals surface area contributed by atoms with Gasteiger partial charge in [-0.15, -0.1) is 5.10 Å². The number of halogens is 2. The summed E-state index contributed by atoms with van der Waals surface area (Å²) in [7, 11) is 1.59. The summed E-state index contributed by atoms with van der Waals surface area (Å²) < 4.78 is 27.4. The smallest absolute Gasteiger partial charge is 0.267 e. The van der Waals surface area contributed by atoms with Crippen molar-refractivity contribution in [2.75, 3.05) is 18.6 Å². The molecule has 0 unspecified atom stereocenters. The molecule has 0 aliphatic heterocycles. The number of likely N-dealkylation sites (N-methyl/N-ethyl adjacent to an activating group) is 1. The first-order valence-electron chi connectivity index (χ1n) is 7.25. The molecule has 128 valence electrons. The van der Waals surface area contributed by atoms with Crippen LogP contribution in [-0.4, -0.2) is 39.9 Å². The molecule has 0 N–H and O–H groups in total. The van der Waals surface area contributed by atoms with Crippen LogP contribution in [0.5, 0.6) is 0 Å². The molecule has 9 heteroatoms. The fourth-order valence-electron chi connectivity index (χ4n) is 2.07. The van der Waals surface area contributed by atoms with Crippen LogP contribution in [0.25, 0.3) is 11.4 Å². The van der Waals surface area contributed by atoms with Crippen molar-refractivity contribution in [3.8, 4) is 11.4 Å². The van der Waals surface area contributed by atoms with Gasteiger partial charge in [0.2, 0.25) is 5.82 Å². The van der Waals surface area contributed by atoms with Gasteiger partial charge in [-0.05, 0) is 29.5 Å². The highest BCUT2D eigenvalue weighted by atomic mass is 19.1. The Morgan fingerprint density at radius 1 is 1.12 bits per heavy atom. The van der Waals surface area contributed by atoms with Crippen molar-refractivity contribution in [2.45, 2.75) is 0 Å². The number of rotatable bonds is 5. The molecule has 25 heavy (non-hydrogen) atoms. The minimum Gasteiger partial charge on any atom is -0.370 e. The minimum absolute atomic E-state index is 0.278. The summed E-state index contributed by atoms with van der Waals surface area (Å²) in [6.07, 6.45) is 0. The summed E-state index contributed by atoms with van der Waals surface area (Å²) in [6.45, 7) is -0.374. The number of tetrazole rings is 1. The van der Waals surface area contributed by atoms with Gasteiger partial charge < -0.3 is 9.74 Å². The second kappa shape index (κ2) is 7.04. The summed E-state index contributed by atoms with van der Waals surface area (Å²) in [5.74, 6) is -2.28. The fourth-order valence-corrected chi connectivity index (χ4v) is 2.07. The number of para-hydroxylation sites is 1. The maximum absolute atomic E-state index is 13.7. The third-order valence-corrected chi connectivity index (χ3v) is 3.40. The molecule has 3 aromatic rings. The summed E-state index contributed by atoms with van der Waals surface area (Å²) in [4.78, 5) is 19.2. The monoisotopic (exact) mass is 345 g/mol. The number of aromatic nitrogens is 4. The quantitative estimate of drug-likeness (QED) is 0.704. The first-order valence-corrected chi connectivity index (χ1v) is 7.25. The van der Waals surface area contributed by atoms with Crippen molar-refractivity contribution in [2.24, 2.45) is 0 Å². The standard InChI is InChI=1S/C16H13F2N5O2/c1-22(11-6-3-2-4-7-11)14(24)10-25-23-20-16(19-21-23)15-12(17)8-5-9-13(15)18/h2-9H,10H2,1H3. The van der Waals surface area contributed by atoms with Crippen molar-refractivity contribution in [3.63, 3.8) is 0 Å². The largest absolute Gasteiger partial charge is 0.370 e. The number of carbonyl (C=O) groups excluding carboxylic acids is 1. The van der Waals surface area contributed by atoms with Crippen LogP contribution >= 0.6 is 0 Å². The van der Waals surface area contributed by atoms with Crippen molar-refractivity contribution in [3.05, 3.63) is 60.2 Å². The number of amides is 1. The Kier molecular flexibility index (Phi) is 4.64. The Balaban J connectivity index is 1.67. The van der Waals surface area contributed by atoms with Crippen LogP contribution in [0.15, 0.2) is 48.5 Å². The lowest BCUT2D eigenvalue weighted by atomic mass is 10.2. The molecular formula is C16H13F2N5O2. The number of carbonyl (C=O) groups is 1. The maximum atomic E-state index is 13.7. The normalized spacial score (nSPS) is 10.5. The highest BCUT2D eigenvalue weighted by Crippen LogP contribution is 2.21. The average molecular weight is 345 g/mol. The number of anilines is 1. The molecule has 1 aromatic heterocycles. The van der Waals surface area contributed by atoms with Crippen molar-refractivity contribution in [1.82, 2.24) is 20.4 Å². The Bertz CT molecular complexity index is 865. The topological polar surface area (TPSA) is 73.1 Å². The zero-order valence-electron chi connectivity index (χ0n) is 13.1. The highest BCUT2D eigenvalue weighted by molar-refractivity contribution is 5.93. The van der Waals surface area contributed by atoms with Crippen LogP contribution in [0, 0.1) is 11.6 Å². The SMILES string of the molecule is CN(C(=O)COn1nnc(-c2c(F)cccc2F)n1)c1ccccc1. The zero-order valence-corrected chi connectivity index (χ0v) is 13.1. The molecule has 2 aromatic carbocycles. The number of hydrogen-bond acceptors (Lipinski definition) is 5. The van der Waals surface area contributed by atoms with E-state index >= 15 is 0 Å². The van der Waals surface area contributed by atoms with Crippen LogP contribution in [0.3, 0.4) is 0 Å². The lowest BCUT2D eigenvalue weighted by molar-refractivity contribution is -0.124. The molecule has 0 aliphatic carbocycles. The summed E-state index contributed by atoms with van der Waals surface area (Å²) in [6, 6.07) is 12.4. The molecule has 3 rings (SSSR count). The van der Waals surface area contributed by atoms with Gasteiger partial charge in [0.15, 0.2) is 6.61 Å². The molecule has 0 saturated carbocycles. The predicted molar refractivity (Wildman–Crippen MR) is 84.5 cm³/mol. The number of hydrogen-bond donors (Lipinski definition) is 0. The van der Waals surface area contributed by atoms with Crippen LogP contribution in [-0.2, 0) is 4.79 Å². The molecule has 0 atom stereocenters. The van der Waals surface area contributed by atoms with Gasteiger partial charge in [-0.3, -0.25) is 4.79 Å². The van der Waals surface area contributed by atoms with E-state index in [1.54, 1.807) is 31.3 Å². The van der Waals surface area contributed by atoms with Crippen molar-refractivity contribution in [1.29, 1.82) is 0 Å². The van der Waals surface area contributed by atoms with E-state index in [2.05, 4.69) is 15.4 Å². The third kappa shape index (κ3) is 3.60.